The van der Waals surface area contributed by atoms with Gasteiger partial charge >= 0.3 is 0 Å². The molecule has 0 saturated heterocycles. The fourth-order valence-electron chi connectivity index (χ4n) is 5.27. The van der Waals surface area contributed by atoms with Gasteiger partial charge in [0, 0.05) is 34.7 Å². The molecule has 0 unspecified atom stereocenters. The summed E-state index contributed by atoms with van der Waals surface area (Å²) in [6.45, 7) is 0. The van der Waals surface area contributed by atoms with Crippen molar-refractivity contribution in [2.24, 2.45) is 0 Å². The molecule has 12 heteroatoms. The fraction of sp³-hybridized carbons (Fsp3) is 0.100. The number of ether oxygens (including phenoxy) is 1. The molecule has 2 heterocycles. The lowest BCUT2D eigenvalue weighted by Gasteiger charge is -2.38. The van der Waals surface area contributed by atoms with Gasteiger partial charge in [-0.25, -0.2) is 0 Å². The predicted molar refractivity (Wildman–Crippen MR) is 145 cm³/mol. The summed E-state index contributed by atoms with van der Waals surface area (Å²) >= 11 is 0. The minimum atomic E-state index is -1.63. The normalized spacial score (nSPS) is 18.0. The largest absolute Gasteiger partial charge is 0.508 e. The first-order valence-electron chi connectivity index (χ1n) is 12.4. The molecule has 4 aromatic carbocycles. The fourth-order valence-corrected chi connectivity index (χ4v) is 5.27. The Labute approximate surface area is 235 Å². The van der Waals surface area contributed by atoms with Crippen molar-refractivity contribution in [2.45, 2.75) is 18.1 Å². The van der Waals surface area contributed by atoms with Crippen molar-refractivity contribution in [3.63, 3.8) is 0 Å². The van der Waals surface area contributed by atoms with Crippen molar-refractivity contribution in [1.82, 2.24) is 0 Å². The Hall–Kier alpha value is -5.75. The lowest BCUT2D eigenvalue weighted by Crippen LogP contribution is -2.35. The molecule has 1 aliphatic rings. The third-order valence-electron chi connectivity index (χ3n) is 7.27. The highest BCUT2D eigenvalue weighted by Gasteiger charge is 2.43. The summed E-state index contributed by atoms with van der Waals surface area (Å²) in [5, 5.41) is 94.7. The van der Waals surface area contributed by atoms with E-state index >= 15 is 0 Å². The van der Waals surface area contributed by atoms with E-state index < -0.39 is 63.8 Å². The number of phenolic OH excluding ortho intramolecular Hbond substituents is 7. The SMILES string of the molecule is O=c1c(O)c(-c2cc(O)c(O)c(O)c2[C@@H]2c3ccc(O)cc3O[C@@H](c3ccc(O)c(O)c3)[C@H]2O)oc2cc(O)ccc12. The van der Waals surface area contributed by atoms with Crippen LogP contribution >= 0.6 is 0 Å². The summed E-state index contributed by atoms with van der Waals surface area (Å²) in [5.74, 6) is -6.99. The minimum absolute atomic E-state index is 0.0230. The molecule has 42 heavy (non-hydrogen) atoms. The second-order valence-corrected chi connectivity index (χ2v) is 9.82. The van der Waals surface area contributed by atoms with Gasteiger partial charge in [0.05, 0.1) is 5.39 Å². The molecule has 6 rings (SSSR count). The van der Waals surface area contributed by atoms with Crippen molar-refractivity contribution in [3.8, 4) is 63.1 Å². The van der Waals surface area contributed by atoms with Crippen LogP contribution in [0.3, 0.4) is 0 Å². The van der Waals surface area contributed by atoms with E-state index in [4.69, 9.17) is 9.15 Å². The highest BCUT2D eigenvalue weighted by Crippen LogP contribution is 2.55. The van der Waals surface area contributed by atoms with E-state index in [9.17, 15) is 50.8 Å². The average molecular weight is 574 g/mol. The number of benzene rings is 4. The van der Waals surface area contributed by atoms with E-state index in [1.54, 1.807) is 0 Å². The van der Waals surface area contributed by atoms with E-state index in [0.29, 0.717) is 0 Å². The van der Waals surface area contributed by atoms with Gasteiger partial charge < -0.3 is 55.1 Å². The monoisotopic (exact) mass is 574 g/mol. The van der Waals surface area contributed by atoms with Crippen LogP contribution < -0.4 is 10.2 Å². The van der Waals surface area contributed by atoms with Crippen molar-refractivity contribution in [3.05, 3.63) is 87.6 Å². The molecule has 0 aliphatic carbocycles. The van der Waals surface area contributed by atoms with Crippen LogP contribution in [0.5, 0.6) is 51.7 Å². The maximum atomic E-state index is 13.0. The number of aromatic hydroxyl groups is 8. The first-order chi connectivity index (χ1) is 20.0. The van der Waals surface area contributed by atoms with E-state index in [0.717, 1.165) is 18.2 Å². The quantitative estimate of drug-likeness (QED) is 0.141. The van der Waals surface area contributed by atoms with Gasteiger partial charge in [-0.3, -0.25) is 4.79 Å². The molecule has 1 aromatic heterocycles. The van der Waals surface area contributed by atoms with Crippen LogP contribution in [0.15, 0.2) is 69.9 Å². The van der Waals surface area contributed by atoms with Gasteiger partial charge in [-0.2, -0.15) is 0 Å². The third kappa shape index (κ3) is 4.00. The molecule has 0 amide bonds. The van der Waals surface area contributed by atoms with Crippen molar-refractivity contribution in [2.75, 3.05) is 0 Å². The zero-order valence-corrected chi connectivity index (χ0v) is 21.3. The summed E-state index contributed by atoms with van der Waals surface area (Å²) in [4.78, 5) is 13.0. The average Bonchev–Trinajstić information content (AvgIpc) is 2.95. The van der Waals surface area contributed by atoms with E-state index in [1.165, 1.54) is 42.5 Å². The van der Waals surface area contributed by atoms with Crippen LogP contribution in [0.2, 0.25) is 0 Å². The Balaban J connectivity index is 1.66. The zero-order valence-electron chi connectivity index (χ0n) is 21.3. The molecule has 0 spiro atoms. The molecule has 0 radical (unpaired) electrons. The Bertz CT molecular complexity index is 1960. The summed E-state index contributed by atoms with van der Waals surface area (Å²) in [5.41, 5.74) is -1.31. The molecule has 0 bridgehead atoms. The lowest BCUT2D eigenvalue weighted by atomic mass is 9.77. The zero-order chi connectivity index (χ0) is 30.0. The Morgan fingerprint density at radius 1 is 0.667 bits per heavy atom. The lowest BCUT2D eigenvalue weighted by molar-refractivity contribution is 0.00781. The number of phenols is 7. The molecular weight excluding hydrogens is 552 g/mol. The third-order valence-corrected chi connectivity index (χ3v) is 7.27. The summed E-state index contributed by atoms with van der Waals surface area (Å²) in [6.07, 6.45) is -2.92. The van der Waals surface area contributed by atoms with Crippen LogP contribution in [0, 0.1) is 0 Å². The van der Waals surface area contributed by atoms with Gasteiger partial charge in [-0.15, -0.1) is 0 Å². The molecule has 12 nitrogen and oxygen atoms in total. The van der Waals surface area contributed by atoms with Crippen LogP contribution in [-0.4, -0.2) is 52.1 Å². The highest BCUT2D eigenvalue weighted by molar-refractivity contribution is 5.85. The van der Waals surface area contributed by atoms with Crippen molar-refractivity contribution < 1.29 is 55.1 Å². The number of aliphatic hydroxyl groups is 1. The van der Waals surface area contributed by atoms with Gasteiger partial charge in [0.2, 0.25) is 16.9 Å². The van der Waals surface area contributed by atoms with Gasteiger partial charge in [0.25, 0.3) is 0 Å². The summed E-state index contributed by atoms with van der Waals surface area (Å²) < 4.78 is 11.7. The standard InChI is InChI=1S/C30H22O12/c31-12-2-4-14-20(8-12)41-29(11-1-6-17(33)18(34)7-11)27(39)22(14)23-16(10-19(35)25(37)26(23)38)30-28(40)24(36)15-5-3-13(32)9-21(15)42-30/h1-10,22,27,29,31-35,37-40H/t22-,27-,29-/m0/s1. The number of rotatable bonds is 3. The van der Waals surface area contributed by atoms with Gasteiger partial charge in [-0.05, 0) is 42.0 Å². The Morgan fingerprint density at radius 3 is 2.12 bits per heavy atom. The van der Waals surface area contributed by atoms with E-state index in [1.807, 2.05) is 0 Å². The molecule has 3 atom stereocenters. The van der Waals surface area contributed by atoms with E-state index in [-0.39, 0.29) is 50.5 Å². The molecule has 5 aromatic rings. The Morgan fingerprint density at radius 2 is 1.38 bits per heavy atom. The molecular formula is C30H22O12. The predicted octanol–water partition coefficient (Wildman–Crippen LogP) is 3.73. The van der Waals surface area contributed by atoms with Crippen molar-refractivity contribution in [1.29, 1.82) is 0 Å². The molecule has 0 saturated carbocycles. The minimum Gasteiger partial charge on any atom is -0.508 e. The van der Waals surface area contributed by atoms with Crippen molar-refractivity contribution >= 4 is 11.0 Å². The molecule has 214 valence electrons. The number of hydrogen-bond acceptors (Lipinski definition) is 12. The van der Waals surface area contributed by atoms with Crippen LogP contribution in [-0.2, 0) is 0 Å². The number of aliphatic hydroxyl groups excluding tert-OH is 1. The molecule has 0 fully saturated rings. The maximum absolute atomic E-state index is 13.0. The second kappa shape index (κ2) is 9.42. The first kappa shape index (κ1) is 26.5. The highest BCUT2D eigenvalue weighted by atomic mass is 16.5. The molecule has 1 aliphatic heterocycles. The first-order valence-corrected chi connectivity index (χ1v) is 12.4. The van der Waals surface area contributed by atoms with Crippen LogP contribution in [0.25, 0.3) is 22.3 Å². The Kier molecular flexibility index (Phi) is 5.94. The topological polar surface area (TPSA) is 222 Å². The maximum Gasteiger partial charge on any atom is 0.235 e. The van der Waals surface area contributed by atoms with Crippen LogP contribution in [0.1, 0.15) is 28.7 Å². The summed E-state index contributed by atoms with van der Waals surface area (Å²) in [6, 6.07) is 12.0. The smallest absolute Gasteiger partial charge is 0.235 e. The van der Waals surface area contributed by atoms with Gasteiger partial charge in [0.1, 0.15) is 28.9 Å². The van der Waals surface area contributed by atoms with Gasteiger partial charge in [0.15, 0.2) is 34.9 Å². The van der Waals surface area contributed by atoms with Gasteiger partial charge in [-0.1, -0.05) is 12.1 Å². The van der Waals surface area contributed by atoms with Crippen LogP contribution in [0.4, 0.5) is 0 Å². The number of hydrogen-bond donors (Lipinski definition) is 9. The summed E-state index contributed by atoms with van der Waals surface area (Å²) in [7, 11) is 0. The van der Waals surface area contributed by atoms with E-state index in [2.05, 4.69) is 0 Å². The second-order valence-electron chi connectivity index (χ2n) is 9.82. The molecule has 9 N–H and O–H groups in total. The number of fused-ring (bicyclic) bond motifs is 2.